The van der Waals surface area contributed by atoms with Gasteiger partial charge in [-0.2, -0.15) is 0 Å². The molecular formula is C11H17BrN2O. The molecule has 1 atom stereocenters. The first-order chi connectivity index (χ1) is 7.04. The Labute approximate surface area is 98.7 Å². The van der Waals surface area contributed by atoms with Gasteiger partial charge < -0.3 is 0 Å². The molecule has 0 N–H and O–H groups in total. The van der Waals surface area contributed by atoms with Crippen molar-refractivity contribution >= 4 is 15.9 Å². The van der Waals surface area contributed by atoms with Crippen LogP contribution in [0.15, 0.2) is 17.2 Å². The van der Waals surface area contributed by atoms with E-state index in [1.165, 1.54) is 0 Å². The van der Waals surface area contributed by atoms with Gasteiger partial charge in [0.2, 0.25) is 0 Å². The minimum Gasteiger partial charge on any atom is -0.299 e. The second-order valence-electron chi connectivity index (χ2n) is 4.18. The van der Waals surface area contributed by atoms with Gasteiger partial charge in [0, 0.05) is 23.6 Å². The molecule has 1 rings (SSSR count). The molecule has 4 heteroatoms. The Morgan fingerprint density at radius 2 is 2.20 bits per heavy atom. The van der Waals surface area contributed by atoms with E-state index in [1.54, 1.807) is 17.0 Å². The lowest BCUT2D eigenvalue weighted by molar-refractivity contribution is 0.366. The summed E-state index contributed by atoms with van der Waals surface area (Å²) in [7, 11) is 0. The van der Waals surface area contributed by atoms with Crippen LogP contribution >= 0.6 is 15.9 Å². The number of alkyl halides is 1. The molecule has 0 saturated heterocycles. The Kier molecular flexibility index (Phi) is 4.51. The van der Waals surface area contributed by atoms with E-state index in [2.05, 4.69) is 34.8 Å². The third-order valence-electron chi connectivity index (χ3n) is 2.59. The van der Waals surface area contributed by atoms with Gasteiger partial charge in [-0.25, -0.2) is 4.98 Å². The quantitative estimate of drug-likeness (QED) is 0.788. The first-order valence-electron chi connectivity index (χ1n) is 5.13. The average Bonchev–Trinajstić information content (AvgIpc) is 2.16. The number of nitrogens with zero attached hydrogens (tertiary/aromatic N) is 2. The van der Waals surface area contributed by atoms with Crippen LogP contribution in [0.1, 0.15) is 19.5 Å². The minimum absolute atomic E-state index is 0.0362. The second kappa shape index (κ2) is 5.45. The topological polar surface area (TPSA) is 34.9 Å². The van der Waals surface area contributed by atoms with Crippen LogP contribution < -0.4 is 5.56 Å². The van der Waals surface area contributed by atoms with Crippen LogP contribution in [0.25, 0.3) is 0 Å². The monoisotopic (exact) mass is 272 g/mol. The molecule has 0 saturated carbocycles. The zero-order chi connectivity index (χ0) is 11.4. The molecule has 1 aromatic heterocycles. The minimum atomic E-state index is 0.0362. The van der Waals surface area contributed by atoms with Gasteiger partial charge in [0.1, 0.15) is 0 Å². The van der Waals surface area contributed by atoms with Crippen molar-refractivity contribution < 1.29 is 0 Å². The zero-order valence-electron chi connectivity index (χ0n) is 9.40. The van der Waals surface area contributed by atoms with Gasteiger partial charge in [-0.3, -0.25) is 9.36 Å². The Hall–Kier alpha value is -0.640. The largest absolute Gasteiger partial charge is 0.299 e. The summed E-state index contributed by atoms with van der Waals surface area (Å²) in [6, 6.07) is 1.58. The van der Waals surface area contributed by atoms with E-state index in [0.29, 0.717) is 11.8 Å². The van der Waals surface area contributed by atoms with Crippen molar-refractivity contribution in [2.24, 2.45) is 11.8 Å². The summed E-state index contributed by atoms with van der Waals surface area (Å²) in [5.74, 6) is 1.02. The fraction of sp³-hybridized carbons (Fsp3) is 0.636. The smallest absolute Gasteiger partial charge is 0.253 e. The van der Waals surface area contributed by atoms with Crippen LogP contribution in [0, 0.1) is 18.8 Å². The first kappa shape index (κ1) is 12.4. The van der Waals surface area contributed by atoms with Crippen molar-refractivity contribution in [3.63, 3.8) is 0 Å². The van der Waals surface area contributed by atoms with Crippen molar-refractivity contribution in [2.45, 2.75) is 27.3 Å². The SMILES string of the molecule is Cc1cc(=O)n(CC(CBr)C(C)C)cn1. The summed E-state index contributed by atoms with van der Waals surface area (Å²) >= 11 is 3.48. The van der Waals surface area contributed by atoms with Crippen LogP contribution in [0.5, 0.6) is 0 Å². The highest BCUT2D eigenvalue weighted by atomic mass is 79.9. The predicted octanol–water partition coefficient (Wildman–Crippen LogP) is 2.22. The predicted molar refractivity (Wildman–Crippen MR) is 65.4 cm³/mol. The summed E-state index contributed by atoms with van der Waals surface area (Å²) in [4.78, 5) is 15.8. The van der Waals surface area contributed by atoms with E-state index < -0.39 is 0 Å². The number of aryl methyl sites for hydroxylation is 1. The molecule has 0 radical (unpaired) electrons. The van der Waals surface area contributed by atoms with Crippen LogP contribution in [0.4, 0.5) is 0 Å². The van der Waals surface area contributed by atoms with E-state index >= 15 is 0 Å². The van der Waals surface area contributed by atoms with Crippen molar-refractivity contribution in [3.8, 4) is 0 Å². The van der Waals surface area contributed by atoms with E-state index in [-0.39, 0.29) is 5.56 Å². The zero-order valence-corrected chi connectivity index (χ0v) is 11.0. The second-order valence-corrected chi connectivity index (χ2v) is 4.83. The molecule has 1 aromatic rings. The third kappa shape index (κ3) is 3.45. The number of aromatic nitrogens is 2. The number of halogens is 1. The molecular weight excluding hydrogens is 256 g/mol. The Bertz CT molecular complexity index is 373. The van der Waals surface area contributed by atoms with Gasteiger partial charge in [-0.05, 0) is 18.8 Å². The molecule has 0 aromatic carbocycles. The summed E-state index contributed by atoms with van der Waals surface area (Å²) in [6.07, 6.45) is 1.63. The number of hydrogen-bond acceptors (Lipinski definition) is 2. The van der Waals surface area contributed by atoms with E-state index in [9.17, 15) is 4.79 Å². The lowest BCUT2D eigenvalue weighted by Gasteiger charge is -2.18. The molecule has 84 valence electrons. The lowest BCUT2D eigenvalue weighted by atomic mass is 9.98. The van der Waals surface area contributed by atoms with Crippen LogP contribution in [-0.4, -0.2) is 14.9 Å². The van der Waals surface area contributed by atoms with Crippen molar-refractivity contribution in [2.75, 3.05) is 5.33 Å². The molecule has 15 heavy (non-hydrogen) atoms. The number of hydrogen-bond donors (Lipinski definition) is 0. The summed E-state index contributed by atoms with van der Waals surface area (Å²) in [5, 5.41) is 0.908. The Morgan fingerprint density at radius 1 is 1.53 bits per heavy atom. The van der Waals surface area contributed by atoms with Crippen molar-refractivity contribution in [3.05, 3.63) is 28.4 Å². The highest BCUT2D eigenvalue weighted by molar-refractivity contribution is 9.09. The molecule has 0 amide bonds. The van der Waals surface area contributed by atoms with Crippen molar-refractivity contribution in [1.29, 1.82) is 0 Å². The van der Waals surface area contributed by atoms with E-state index in [1.807, 2.05) is 6.92 Å². The van der Waals surface area contributed by atoms with Crippen LogP contribution in [0.2, 0.25) is 0 Å². The molecule has 3 nitrogen and oxygen atoms in total. The standard InChI is InChI=1S/C11H17BrN2O/c1-8(2)10(5-12)6-14-7-13-9(3)4-11(14)15/h4,7-8,10H,5-6H2,1-3H3. The molecule has 0 aliphatic heterocycles. The van der Waals surface area contributed by atoms with Gasteiger partial charge >= 0.3 is 0 Å². The maximum absolute atomic E-state index is 11.6. The fourth-order valence-corrected chi connectivity index (χ4v) is 2.30. The highest BCUT2D eigenvalue weighted by Gasteiger charge is 2.13. The van der Waals surface area contributed by atoms with Gasteiger partial charge in [0.05, 0.1) is 6.33 Å². The van der Waals surface area contributed by atoms with Gasteiger partial charge in [-0.15, -0.1) is 0 Å². The normalized spacial score (nSPS) is 13.1. The van der Waals surface area contributed by atoms with Gasteiger partial charge in [0.15, 0.2) is 0 Å². The van der Waals surface area contributed by atoms with Gasteiger partial charge in [-0.1, -0.05) is 29.8 Å². The summed E-state index contributed by atoms with van der Waals surface area (Å²) in [5.41, 5.74) is 0.810. The van der Waals surface area contributed by atoms with Crippen LogP contribution in [-0.2, 0) is 6.54 Å². The first-order valence-corrected chi connectivity index (χ1v) is 6.25. The van der Waals surface area contributed by atoms with Crippen LogP contribution in [0.3, 0.4) is 0 Å². The Morgan fingerprint density at radius 3 is 2.67 bits per heavy atom. The Balaban J connectivity index is 2.84. The molecule has 1 unspecified atom stereocenters. The summed E-state index contributed by atoms with van der Waals surface area (Å²) < 4.78 is 1.68. The highest BCUT2D eigenvalue weighted by Crippen LogP contribution is 2.15. The van der Waals surface area contributed by atoms with Gasteiger partial charge in [0.25, 0.3) is 5.56 Å². The molecule has 0 fully saturated rings. The molecule has 0 aliphatic rings. The van der Waals surface area contributed by atoms with E-state index in [4.69, 9.17) is 0 Å². The third-order valence-corrected chi connectivity index (χ3v) is 3.42. The maximum atomic E-state index is 11.6. The molecule has 0 bridgehead atoms. The lowest BCUT2D eigenvalue weighted by Crippen LogP contribution is -2.27. The fourth-order valence-electron chi connectivity index (χ4n) is 1.34. The van der Waals surface area contributed by atoms with E-state index in [0.717, 1.165) is 17.6 Å². The molecule has 0 aliphatic carbocycles. The molecule has 1 heterocycles. The number of rotatable bonds is 4. The van der Waals surface area contributed by atoms with Crippen molar-refractivity contribution in [1.82, 2.24) is 9.55 Å². The summed E-state index contributed by atoms with van der Waals surface area (Å²) in [6.45, 7) is 6.89. The molecule has 0 spiro atoms. The average molecular weight is 273 g/mol. The maximum Gasteiger partial charge on any atom is 0.253 e.